The molecule has 1 N–H and O–H groups in total. The number of carbonyl (C=O) groups is 2. The predicted molar refractivity (Wildman–Crippen MR) is 97.8 cm³/mol. The molecule has 0 radical (unpaired) electrons. The quantitative estimate of drug-likeness (QED) is 0.845. The van der Waals surface area contributed by atoms with Crippen molar-refractivity contribution in [2.45, 2.75) is 43.4 Å². The van der Waals surface area contributed by atoms with Crippen LogP contribution < -0.4 is 5.32 Å². The summed E-state index contributed by atoms with van der Waals surface area (Å²) in [5.41, 5.74) is 0.223. The smallest absolute Gasteiger partial charge is 0.270 e. The Morgan fingerprint density at radius 2 is 2.19 bits per heavy atom. The van der Waals surface area contributed by atoms with Gasteiger partial charge in [-0.05, 0) is 37.8 Å². The van der Waals surface area contributed by atoms with Gasteiger partial charge in [0.25, 0.3) is 5.91 Å². The van der Waals surface area contributed by atoms with Crippen LogP contribution >= 0.6 is 0 Å². The van der Waals surface area contributed by atoms with E-state index in [1.807, 2.05) is 6.07 Å². The molecule has 1 aromatic heterocycles. The van der Waals surface area contributed by atoms with Crippen LogP contribution in [0, 0.1) is 0 Å². The third-order valence-corrected chi connectivity index (χ3v) is 5.77. The molecule has 2 fully saturated rings. The highest BCUT2D eigenvalue weighted by atomic mass is 16.5. The van der Waals surface area contributed by atoms with Crippen LogP contribution in [0.4, 0.5) is 0 Å². The molecule has 7 nitrogen and oxygen atoms in total. The summed E-state index contributed by atoms with van der Waals surface area (Å²) in [6.07, 6.45) is 5.09. The first-order valence-electron chi connectivity index (χ1n) is 9.16. The molecule has 3 rings (SSSR count). The Bertz CT molecular complexity index is 651. The molecule has 0 unspecified atom stereocenters. The number of amides is 2. The van der Waals surface area contributed by atoms with Crippen molar-refractivity contribution >= 4 is 11.8 Å². The number of carbonyl (C=O) groups excluding carboxylic acids is 2. The van der Waals surface area contributed by atoms with Crippen molar-refractivity contribution in [1.82, 2.24) is 20.1 Å². The summed E-state index contributed by atoms with van der Waals surface area (Å²) in [5.74, 6) is -0.0500. The van der Waals surface area contributed by atoms with Crippen LogP contribution in [0.25, 0.3) is 0 Å². The maximum absolute atomic E-state index is 12.4. The summed E-state index contributed by atoms with van der Waals surface area (Å²) in [6, 6.07) is 5.52. The zero-order valence-corrected chi connectivity index (χ0v) is 15.8. The summed E-state index contributed by atoms with van der Waals surface area (Å²) < 4.78 is 5.92. The monoisotopic (exact) mass is 360 g/mol. The maximum Gasteiger partial charge on any atom is 0.270 e. The standard InChI is InChI=1S/C19H28N4O3/c1-22(2)17(24)13-23-11-9-19(26-3)8-7-14(12-16(19)23)21-18(25)15-6-4-5-10-20-15/h4-6,10,14,16H,7-9,11-13H2,1-3H3,(H,21,25)/t14-,16+,19-/m1/s1. The van der Waals surface area contributed by atoms with Gasteiger partial charge in [-0.3, -0.25) is 19.5 Å². The molecule has 2 aliphatic rings. The molecule has 26 heavy (non-hydrogen) atoms. The summed E-state index contributed by atoms with van der Waals surface area (Å²) in [5, 5.41) is 3.11. The molecule has 1 saturated heterocycles. The number of hydrogen-bond donors (Lipinski definition) is 1. The van der Waals surface area contributed by atoms with Crippen LogP contribution in [-0.2, 0) is 9.53 Å². The molecular formula is C19H28N4O3. The van der Waals surface area contributed by atoms with Crippen molar-refractivity contribution in [3.8, 4) is 0 Å². The number of aromatic nitrogens is 1. The lowest BCUT2D eigenvalue weighted by Gasteiger charge is -2.44. The molecule has 1 aromatic rings. The largest absolute Gasteiger partial charge is 0.377 e. The van der Waals surface area contributed by atoms with Crippen LogP contribution in [0.3, 0.4) is 0 Å². The Labute approximate surface area is 154 Å². The van der Waals surface area contributed by atoms with E-state index in [9.17, 15) is 9.59 Å². The second-order valence-corrected chi connectivity index (χ2v) is 7.45. The fourth-order valence-electron chi connectivity index (χ4n) is 4.18. The highest BCUT2D eigenvalue weighted by Crippen LogP contribution is 2.42. The molecule has 142 valence electrons. The summed E-state index contributed by atoms with van der Waals surface area (Å²) in [7, 11) is 5.31. The van der Waals surface area contributed by atoms with Gasteiger partial charge in [-0.1, -0.05) is 6.07 Å². The van der Waals surface area contributed by atoms with E-state index in [1.54, 1.807) is 44.4 Å². The van der Waals surface area contributed by atoms with Crippen LogP contribution in [0.15, 0.2) is 24.4 Å². The number of rotatable bonds is 5. The maximum atomic E-state index is 12.4. The molecule has 3 atom stereocenters. The van der Waals surface area contributed by atoms with E-state index < -0.39 is 0 Å². The van der Waals surface area contributed by atoms with Gasteiger partial charge in [0.1, 0.15) is 5.69 Å². The summed E-state index contributed by atoms with van der Waals surface area (Å²) in [4.78, 5) is 32.6. The molecule has 0 spiro atoms. The van der Waals surface area contributed by atoms with Crippen LogP contribution in [-0.4, -0.2) is 78.6 Å². The molecule has 0 aromatic carbocycles. The molecule has 1 saturated carbocycles. The van der Waals surface area contributed by atoms with Gasteiger partial charge in [0, 0.05) is 46.0 Å². The third-order valence-electron chi connectivity index (χ3n) is 5.77. The van der Waals surface area contributed by atoms with E-state index in [4.69, 9.17) is 4.74 Å². The van der Waals surface area contributed by atoms with Crippen LogP contribution in [0.1, 0.15) is 36.2 Å². The third kappa shape index (κ3) is 3.73. The molecule has 2 amide bonds. The van der Waals surface area contributed by atoms with E-state index in [1.165, 1.54) is 0 Å². The fraction of sp³-hybridized carbons (Fsp3) is 0.632. The Morgan fingerprint density at radius 3 is 2.85 bits per heavy atom. The van der Waals surface area contributed by atoms with Gasteiger partial charge < -0.3 is 15.0 Å². The first-order valence-corrected chi connectivity index (χ1v) is 9.16. The van der Waals surface area contributed by atoms with Gasteiger partial charge in [-0.2, -0.15) is 0 Å². The minimum absolute atomic E-state index is 0.0628. The molecule has 1 aliphatic heterocycles. The molecule has 2 heterocycles. The number of pyridine rings is 1. The average molecular weight is 360 g/mol. The Hall–Kier alpha value is -1.99. The zero-order chi connectivity index (χ0) is 18.7. The average Bonchev–Trinajstić information content (AvgIpc) is 3.01. The number of methoxy groups -OCH3 is 1. The van der Waals surface area contributed by atoms with E-state index >= 15 is 0 Å². The van der Waals surface area contributed by atoms with E-state index in [0.717, 1.165) is 32.2 Å². The number of nitrogens with one attached hydrogen (secondary N) is 1. The first kappa shape index (κ1) is 18.8. The Balaban J connectivity index is 1.68. The number of likely N-dealkylation sites (N-methyl/N-ethyl adjacent to an activating group) is 1. The van der Waals surface area contributed by atoms with Gasteiger partial charge in [0.2, 0.25) is 5.91 Å². The SMILES string of the molecule is CO[C@@]12CC[C@@H](NC(=O)c3ccccn3)C[C@@H]1N(CC(=O)N(C)C)CC2. The van der Waals surface area contributed by atoms with E-state index in [-0.39, 0.29) is 29.5 Å². The minimum Gasteiger partial charge on any atom is -0.377 e. The van der Waals surface area contributed by atoms with E-state index in [0.29, 0.717) is 12.2 Å². The molecular weight excluding hydrogens is 332 g/mol. The Kier molecular flexibility index (Phi) is 5.58. The number of nitrogens with zero attached hydrogens (tertiary/aromatic N) is 3. The summed E-state index contributed by atoms with van der Waals surface area (Å²) >= 11 is 0. The number of fused-ring (bicyclic) bond motifs is 1. The topological polar surface area (TPSA) is 74.8 Å². The van der Waals surface area contributed by atoms with Gasteiger partial charge in [0.05, 0.1) is 12.1 Å². The fourth-order valence-corrected chi connectivity index (χ4v) is 4.18. The van der Waals surface area contributed by atoms with Gasteiger partial charge in [0.15, 0.2) is 0 Å². The normalized spacial score (nSPS) is 28.4. The van der Waals surface area contributed by atoms with Crippen molar-refractivity contribution in [2.24, 2.45) is 0 Å². The second kappa shape index (κ2) is 7.72. The van der Waals surface area contributed by atoms with Crippen molar-refractivity contribution in [3.63, 3.8) is 0 Å². The highest BCUT2D eigenvalue weighted by Gasteiger charge is 2.51. The molecule has 7 heteroatoms. The highest BCUT2D eigenvalue weighted by molar-refractivity contribution is 5.92. The predicted octanol–water partition coefficient (Wildman–Crippen LogP) is 0.912. The van der Waals surface area contributed by atoms with Gasteiger partial charge >= 0.3 is 0 Å². The lowest BCUT2D eigenvalue weighted by atomic mass is 9.78. The zero-order valence-electron chi connectivity index (χ0n) is 15.8. The van der Waals surface area contributed by atoms with Crippen LogP contribution in [0.2, 0.25) is 0 Å². The van der Waals surface area contributed by atoms with Crippen molar-refractivity contribution in [2.75, 3.05) is 34.3 Å². The first-order chi connectivity index (χ1) is 12.4. The molecule has 1 aliphatic carbocycles. The van der Waals surface area contributed by atoms with Crippen molar-refractivity contribution in [1.29, 1.82) is 0 Å². The number of hydrogen-bond acceptors (Lipinski definition) is 5. The number of ether oxygens (including phenoxy) is 1. The lowest BCUT2D eigenvalue weighted by Crippen LogP contribution is -2.55. The lowest BCUT2D eigenvalue weighted by molar-refractivity contribution is -0.131. The number of likely N-dealkylation sites (tertiary alicyclic amines) is 1. The second-order valence-electron chi connectivity index (χ2n) is 7.45. The molecule has 0 bridgehead atoms. The van der Waals surface area contributed by atoms with Crippen molar-refractivity contribution < 1.29 is 14.3 Å². The van der Waals surface area contributed by atoms with Gasteiger partial charge in [-0.15, -0.1) is 0 Å². The summed E-state index contributed by atoms with van der Waals surface area (Å²) in [6.45, 7) is 1.24. The van der Waals surface area contributed by atoms with Crippen LogP contribution in [0.5, 0.6) is 0 Å². The van der Waals surface area contributed by atoms with Gasteiger partial charge in [-0.25, -0.2) is 0 Å². The minimum atomic E-state index is -0.210. The Morgan fingerprint density at radius 1 is 1.38 bits per heavy atom. The van der Waals surface area contributed by atoms with Crippen molar-refractivity contribution in [3.05, 3.63) is 30.1 Å². The van der Waals surface area contributed by atoms with E-state index in [2.05, 4.69) is 15.2 Å².